The number of hydrogen-bond donors (Lipinski definition) is 0. The monoisotopic (exact) mass is 154 g/mol. The summed E-state index contributed by atoms with van der Waals surface area (Å²) in [6, 6.07) is 0. The van der Waals surface area contributed by atoms with Gasteiger partial charge in [-0.3, -0.25) is 0 Å². The maximum Gasteiger partial charge on any atom is 0.0149 e. The van der Waals surface area contributed by atoms with E-state index in [4.69, 9.17) is 0 Å². The van der Waals surface area contributed by atoms with Crippen LogP contribution in [0.2, 0.25) is 0 Å². The molecule has 0 amide bonds. The highest BCUT2D eigenvalue weighted by molar-refractivity contribution is 7.99. The molecular formula is C9H14S. The highest BCUT2D eigenvalue weighted by Crippen LogP contribution is 2.46. The molecule has 0 spiro atoms. The van der Waals surface area contributed by atoms with Crippen molar-refractivity contribution in [3.63, 3.8) is 0 Å². The Morgan fingerprint density at radius 2 is 1.90 bits per heavy atom. The van der Waals surface area contributed by atoms with Crippen molar-refractivity contribution in [1.82, 2.24) is 0 Å². The van der Waals surface area contributed by atoms with Gasteiger partial charge in [0.2, 0.25) is 0 Å². The van der Waals surface area contributed by atoms with E-state index in [0.717, 1.165) is 11.8 Å². The molecule has 0 radical (unpaired) electrons. The van der Waals surface area contributed by atoms with E-state index >= 15 is 0 Å². The maximum atomic E-state index is 2.37. The van der Waals surface area contributed by atoms with Gasteiger partial charge in [-0.2, -0.15) is 11.8 Å². The third kappa shape index (κ3) is 0.763. The minimum Gasteiger partial charge on any atom is -0.157 e. The summed E-state index contributed by atoms with van der Waals surface area (Å²) in [6.07, 6.45) is 1.38. The van der Waals surface area contributed by atoms with Crippen molar-refractivity contribution < 1.29 is 0 Å². The molecule has 1 aliphatic carbocycles. The third-order valence-corrected chi connectivity index (χ3v) is 4.04. The average molecular weight is 154 g/mol. The molecule has 2 atom stereocenters. The first-order valence-electron chi connectivity index (χ1n) is 4.10. The van der Waals surface area contributed by atoms with E-state index in [2.05, 4.69) is 25.6 Å². The highest BCUT2D eigenvalue weighted by atomic mass is 32.2. The van der Waals surface area contributed by atoms with Gasteiger partial charge in [0.1, 0.15) is 0 Å². The molecule has 0 saturated carbocycles. The smallest absolute Gasteiger partial charge is 0.0149 e. The fourth-order valence-corrected chi connectivity index (χ4v) is 3.25. The lowest BCUT2D eigenvalue weighted by molar-refractivity contribution is 0.413. The van der Waals surface area contributed by atoms with Gasteiger partial charge in [0.25, 0.3) is 0 Å². The molecule has 0 bridgehead atoms. The van der Waals surface area contributed by atoms with Crippen LogP contribution in [0.4, 0.5) is 0 Å². The zero-order valence-electron chi connectivity index (χ0n) is 6.68. The van der Waals surface area contributed by atoms with Crippen LogP contribution in [0.5, 0.6) is 0 Å². The van der Waals surface area contributed by atoms with Gasteiger partial charge in [0, 0.05) is 5.75 Å². The quantitative estimate of drug-likeness (QED) is 0.483. The molecule has 1 heteroatoms. The van der Waals surface area contributed by atoms with Gasteiger partial charge in [-0.25, -0.2) is 0 Å². The molecule has 2 rings (SSSR count). The van der Waals surface area contributed by atoms with Crippen LogP contribution in [0.25, 0.3) is 0 Å². The normalized spacial score (nSPS) is 39.0. The zero-order valence-corrected chi connectivity index (χ0v) is 7.50. The Labute approximate surface area is 67.1 Å². The predicted molar refractivity (Wildman–Crippen MR) is 47.3 cm³/mol. The van der Waals surface area contributed by atoms with Crippen molar-refractivity contribution in [2.24, 2.45) is 11.8 Å². The summed E-state index contributed by atoms with van der Waals surface area (Å²) in [4.78, 5) is 0. The van der Waals surface area contributed by atoms with Crippen LogP contribution < -0.4 is 0 Å². The Kier molecular flexibility index (Phi) is 1.56. The number of thioether (sulfide) groups is 1. The van der Waals surface area contributed by atoms with Gasteiger partial charge < -0.3 is 0 Å². The fourth-order valence-electron chi connectivity index (χ4n) is 2.07. The second-order valence-electron chi connectivity index (χ2n) is 3.43. The number of rotatable bonds is 0. The summed E-state index contributed by atoms with van der Waals surface area (Å²) < 4.78 is 0. The van der Waals surface area contributed by atoms with Crippen LogP contribution in [0.15, 0.2) is 11.1 Å². The lowest BCUT2D eigenvalue weighted by atomic mass is 9.69. The molecule has 2 aliphatic rings. The van der Waals surface area contributed by atoms with Crippen LogP contribution in [0.1, 0.15) is 20.3 Å². The molecule has 2 unspecified atom stereocenters. The number of hydrogen-bond acceptors (Lipinski definition) is 1. The minimum absolute atomic E-state index is 0.905. The Balaban J connectivity index is 2.21. The van der Waals surface area contributed by atoms with Crippen molar-refractivity contribution in [3.05, 3.63) is 11.1 Å². The van der Waals surface area contributed by atoms with E-state index in [-0.39, 0.29) is 0 Å². The Morgan fingerprint density at radius 1 is 1.20 bits per heavy atom. The number of allylic oxidation sites excluding steroid dienone is 1. The van der Waals surface area contributed by atoms with Gasteiger partial charge >= 0.3 is 0 Å². The zero-order chi connectivity index (χ0) is 7.14. The van der Waals surface area contributed by atoms with E-state index in [1.165, 1.54) is 17.9 Å². The molecular weight excluding hydrogens is 140 g/mol. The van der Waals surface area contributed by atoms with Crippen molar-refractivity contribution in [1.29, 1.82) is 0 Å². The van der Waals surface area contributed by atoms with Crippen LogP contribution in [-0.2, 0) is 0 Å². The van der Waals surface area contributed by atoms with E-state index in [1.807, 2.05) is 0 Å². The lowest BCUT2D eigenvalue weighted by Gasteiger charge is -2.41. The first-order valence-corrected chi connectivity index (χ1v) is 5.25. The van der Waals surface area contributed by atoms with Crippen LogP contribution in [-0.4, -0.2) is 11.5 Å². The third-order valence-electron chi connectivity index (χ3n) is 3.04. The Morgan fingerprint density at radius 3 is 2.60 bits per heavy atom. The van der Waals surface area contributed by atoms with Crippen LogP contribution >= 0.6 is 11.8 Å². The van der Waals surface area contributed by atoms with E-state index in [9.17, 15) is 0 Å². The second-order valence-corrected chi connectivity index (χ2v) is 4.54. The summed E-state index contributed by atoms with van der Waals surface area (Å²) in [5.74, 6) is 4.52. The topological polar surface area (TPSA) is 0 Å². The Bertz CT molecular complexity index is 161. The molecule has 0 saturated heterocycles. The molecule has 0 aromatic rings. The summed E-state index contributed by atoms with van der Waals surface area (Å²) in [7, 11) is 0. The Hall–Kier alpha value is 0.0900. The van der Waals surface area contributed by atoms with Gasteiger partial charge in [0.15, 0.2) is 0 Å². The molecule has 0 nitrogen and oxygen atoms in total. The predicted octanol–water partition coefficient (Wildman–Crippen LogP) is 2.71. The maximum absolute atomic E-state index is 2.37. The standard InChI is InChI=1S/C9H14S/c1-6-7(2)9-5-10-4-3-8(6)9/h6-7H,3-5H2,1-2H3. The average Bonchev–Trinajstić information content (AvgIpc) is 2.03. The summed E-state index contributed by atoms with van der Waals surface area (Å²) in [6.45, 7) is 4.74. The first kappa shape index (κ1) is 6.78. The SMILES string of the molecule is CC1C2=C(CSCC2)C1C. The summed E-state index contributed by atoms with van der Waals surface area (Å²) in [5, 5.41) is 0. The van der Waals surface area contributed by atoms with Crippen LogP contribution in [0, 0.1) is 11.8 Å². The van der Waals surface area contributed by atoms with E-state index < -0.39 is 0 Å². The largest absolute Gasteiger partial charge is 0.157 e. The van der Waals surface area contributed by atoms with Crippen molar-refractivity contribution >= 4 is 11.8 Å². The molecule has 0 aromatic heterocycles. The van der Waals surface area contributed by atoms with Gasteiger partial charge in [0.05, 0.1) is 0 Å². The van der Waals surface area contributed by atoms with Crippen molar-refractivity contribution in [3.8, 4) is 0 Å². The summed E-state index contributed by atoms with van der Waals surface area (Å²) in [5.41, 5.74) is 3.58. The summed E-state index contributed by atoms with van der Waals surface area (Å²) >= 11 is 2.11. The van der Waals surface area contributed by atoms with Crippen LogP contribution in [0.3, 0.4) is 0 Å². The van der Waals surface area contributed by atoms with Gasteiger partial charge in [-0.1, -0.05) is 25.0 Å². The van der Waals surface area contributed by atoms with E-state index in [0.29, 0.717) is 0 Å². The highest BCUT2D eigenvalue weighted by Gasteiger charge is 2.34. The second kappa shape index (κ2) is 2.30. The molecule has 0 N–H and O–H groups in total. The fraction of sp³-hybridized carbons (Fsp3) is 0.778. The molecule has 10 heavy (non-hydrogen) atoms. The molecule has 1 heterocycles. The minimum atomic E-state index is 0.905. The van der Waals surface area contributed by atoms with E-state index in [1.54, 1.807) is 11.1 Å². The molecule has 0 fully saturated rings. The molecule has 0 aromatic carbocycles. The van der Waals surface area contributed by atoms with Gasteiger partial charge in [-0.05, 0) is 24.0 Å². The van der Waals surface area contributed by atoms with Crippen molar-refractivity contribution in [2.45, 2.75) is 20.3 Å². The van der Waals surface area contributed by atoms with Gasteiger partial charge in [-0.15, -0.1) is 0 Å². The molecule has 56 valence electrons. The molecule has 1 aliphatic heterocycles. The lowest BCUT2D eigenvalue weighted by Crippen LogP contribution is -2.30. The first-order chi connectivity index (χ1) is 4.80. The van der Waals surface area contributed by atoms with Crippen molar-refractivity contribution in [2.75, 3.05) is 11.5 Å².